The number of nitro benzene ring substituents is 1. The van der Waals surface area contributed by atoms with Crippen molar-refractivity contribution in [1.29, 1.82) is 0 Å². The van der Waals surface area contributed by atoms with E-state index >= 15 is 0 Å². The third kappa shape index (κ3) is 7.06. The van der Waals surface area contributed by atoms with Crippen LogP contribution >= 0.6 is 0 Å². The van der Waals surface area contributed by atoms with E-state index in [2.05, 4.69) is 4.72 Å². The minimum Gasteiger partial charge on any atom is -0.392 e. The van der Waals surface area contributed by atoms with Crippen molar-refractivity contribution in [1.82, 2.24) is 9.62 Å². The number of carbonyl (C=O) groups excluding carboxylic acids is 1. The van der Waals surface area contributed by atoms with Crippen LogP contribution in [0.2, 0.25) is 0 Å². The Morgan fingerprint density at radius 2 is 1.76 bits per heavy atom. The Morgan fingerprint density at radius 1 is 1.12 bits per heavy atom. The number of nitrogens with one attached hydrogen (secondary N) is 1. The van der Waals surface area contributed by atoms with Crippen LogP contribution in [-0.4, -0.2) is 68.2 Å². The van der Waals surface area contributed by atoms with Gasteiger partial charge in [-0.05, 0) is 30.5 Å². The van der Waals surface area contributed by atoms with Crippen molar-refractivity contribution in [3.63, 3.8) is 0 Å². The van der Waals surface area contributed by atoms with Crippen LogP contribution in [0.5, 0.6) is 0 Å². The number of hydrogen-bond donors (Lipinski definition) is 2. The summed E-state index contributed by atoms with van der Waals surface area (Å²) in [6.45, 7) is 1.59. The van der Waals surface area contributed by atoms with Crippen LogP contribution in [0, 0.1) is 16.0 Å². The van der Waals surface area contributed by atoms with Gasteiger partial charge in [0.2, 0.25) is 15.9 Å². The summed E-state index contributed by atoms with van der Waals surface area (Å²) in [5.74, 6) is -0.621. The first-order valence-electron chi connectivity index (χ1n) is 10.6. The van der Waals surface area contributed by atoms with Crippen LogP contribution in [0.25, 0.3) is 0 Å². The molecule has 2 aromatic carbocycles. The molecule has 11 heteroatoms. The van der Waals surface area contributed by atoms with Crippen LogP contribution in [0.1, 0.15) is 12.0 Å². The van der Waals surface area contributed by atoms with Gasteiger partial charge in [0.25, 0.3) is 5.69 Å². The number of amides is 1. The summed E-state index contributed by atoms with van der Waals surface area (Å²) in [4.78, 5) is 24.8. The maximum absolute atomic E-state index is 13.1. The summed E-state index contributed by atoms with van der Waals surface area (Å²) in [5, 5.41) is 21.3. The lowest BCUT2D eigenvalue weighted by atomic mass is 9.92. The van der Waals surface area contributed by atoms with E-state index in [1.54, 1.807) is 4.90 Å². The van der Waals surface area contributed by atoms with Crippen LogP contribution < -0.4 is 4.72 Å². The molecule has 1 saturated heterocycles. The number of aliphatic hydroxyl groups excluding tert-OH is 1. The van der Waals surface area contributed by atoms with E-state index < -0.39 is 27.0 Å². The molecule has 1 fully saturated rings. The highest BCUT2D eigenvalue weighted by atomic mass is 32.2. The standard InChI is InChI=1S/C22H27N3O7S/c26-20(16-23-33(30,31)21-8-6-19(7-9-21)25(28)29)15-18(14-17-4-2-1-3-5-17)22(27)24-10-12-32-13-11-24/h1-9,18,20,23,26H,10-16H2/t18-,20+/m1/s1. The molecule has 3 rings (SSSR count). The molecule has 0 spiro atoms. The minimum absolute atomic E-state index is 0.0772. The molecule has 2 atom stereocenters. The summed E-state index contributed by atoms with van der Waals surface area (Å²) >= 11 is 0. The molecular formula is C22H27N3O7S. The highest BCUT2D eigenvalue weighted by Crippen LogP contribution is 2.20. The van der Waals surface area contributed by atoms with Gasteiger partial charge in [-0.25, -0.2) is 13.1 Å². The van der Waals surface area contributed by atoms with Crippen molar-refractivity contribution < 1.29 is 28.0 Å². The maximum Gasteiger partial charge on any atom is 0.269 e. The molecule has 0 bridgehead atoms. The average Bonchev–Trinajstić information content (AvgIpc) is 2.83. The molecule has 10 nitrogen and oxygen atoms in total. The Morgan fingerprint density at radius 3 is 2.36 bits per heavy atom. The SMILES string of the molecule is O=C([C@H](Cc1ccccc1)C[C@H](O)CNS(=O)(=O)c1ccc([N+](=O)[O-])cc1)N1CCOCC1. The van der Waals surface area contributed by atoms with Crippen LogP contribution in [-0.2, 0) is 26.0 Å². The van der Waals surface area contributed by atoms with Gasteiger partial charge in [-0.1, -0.05) is 30.3 Å². The Hall–Kier alpha value is -2.86. The van der Waals surface area contributed by atoms with E-state index in [-0.39, 0.29) is 29.5 Å². The number of morpholine rings is 1. The fraction of sp³-hybridized carbons (Fsp3) is 0.409. The topological polar surface area (TPSA) is 139 Å². The zero-order chi connectivity index (χ0) is 23.8. The van der Waals surface area contributed by atoms with E-state index in [0.29, 0.717) is 32.7 Å². The maximum atomic E-state index is 13.1. The van der Waals surface area contributed by atoms with Gasteiger partial charge in [-0.3, -0.25) is 14.9 Å². The second kappa shape index (κ2) is 11.3. The number of carbonyl (C=O) groups is 1. The molecule has 0 aliphatic carbocycles. The van der Waals surface area contributed by atoms with Crippen molar-refractivity contribution in [2.24, 2.45) is 5.92 Å². The molecule has 1 aliphatic rings. The fourth-order valence-electron chi connectivity index (χ4n) is 3.66. The molecule has 1 heterocycles. The molecule has 0 unspecified atom stereocenters. The molecule has 0 aromatic heterocycles. The number of aliphatic hydroxyl groups is 1. The third-order valence-electron chi connectivity index (χ3n) is 5.42. The van der Waals surface area contributed by atoms with Crippen molar-refractivity contribution in [2.45, 2.75) is 23.8 Å². The van der Waals surface area contributed by atoms with Crippen LogP contribution in [0.4, 0.5) is 5.69 Å². The number of sulfonamides is 1. The Kier molecular flexibility index (Phi) is 8.50. The molecule has 1 amide bonds. The molecule has 1 aliphatic heterocycles. The predicted octanol–water partition coefficient (Wildman–Crippen LogP) is 1.34. The van der Waals surface area contributed by atoms with Crippen molar-refractivity contribution in [3.8, 4) is 0 Å². The summed E-state index contributed by atoms with van der Waals surface area (Å²) in [7, 11) is -3.98. The van der Waals surface area contributed by atoms with Gasteiger partial charge in [0.15, 0.2) is 0 Å². The van der Waals surface area contributed by atoms with E-state index in [4.69, 9.17) is 4.74 Å². The number of benzene rings is 2. The smallest absolute Gasteiger partial charge is 0.269 e. The predicted molar refractivity (Wildman–Crippen MR) is 120 cm³/mol. The van der Waals surface area contributed by atoms with Gasteiger partial charge < -0.3 is 14.7 Å². The van der Waals surface area contributed by atoms with Crippen molar-refractivity contribution >= 4 is 21.6 Å². The molecule has 0 saturated carbocycles. The lowest BCUT2D eigenvalue weighted by Gasteiger charge is -2.31. The minimum atomic E-state index is -3.98. The molecular weight excluding hydrogens is 450 g/mol. The molecule has 178 valence electrons. The summed E-state index contributed by atoms with van der Waals surface area (Å²) in [6, 6.07) is 13.9. The lowest BCUT2D eigenvalue weighted by Crippen LogP contribution is -2.45. The molecule has 33 heavy (non-hydrogen) atoms. The van der Waals surface area contributed by atoms with E-state index in [1.807, 2.05) is 30.3 Å². The molecule has 2 N–H and O–H groups in total. The zero-order valence-corrected chi connectivity index (χ0v) is 18.8. The molecule has 2 aromatic rings. The zero-order valence-electron chi connectivity index (χ0n) is 18.0. The van der Waals surface area contributed by atoms with E-state index in [1.165, 1.54) is 0 Å². The summed E-state index contributed by atoms with van der Waals surface area (Å²) in [6.07, 6.45) is -0.603. The largest absolute Gasteiger partial charge is 0.392 e. The van der Waals surface area contributed by atoms with E-state index in [9.17, 15) is 28.4 Å². The van der Waals surface area contributed by atoms with Gasteiger partial charge in [0, 0.05) is 37.7 Å². The Balaban J connectivity index is 1.64. The van der Waals surface area contributed by atoms with Crippen molar-refractivity contribution in [3.05, 3.63) is 70.3 Å². The van der Waals surface area contributed by atoms with Gasteiger partial charge in [0.05, 0.1) is 29.1 Å². The monoisotopic (exact) mass is 477 g/mol. The second-order valence-electron chi connectivity index (χ2n) is 7.82. The number of ether oxygens (including phenoxy) is 1. The highest BCUT2D eigenvalue weighted by Gasteiger charge is 2.28. The van der Waals surface area contributed by atoms with Gasteiger partial charge in [-0.15, -0.1) is 0 Å². The first-order chi connectivity index (χ1) is 15.8. The number of nitrogens with zero attached hydrogens (tertiary/aromatic N) is 2. The molecule has 0 radical (unpaired) electrons. The Bertz CT molecular complexity index is 1040. The summed E-state index contributed by atoms with van der Waals surface area (Å²) in [5.41, 5.74) is 0.724. The number of hydrogen-bond acceptors (Lipinski definition) is 7. The first kappa shape index (κ1) is 24.8. The highest BCUT2D eigenvalue weighted by molar-refractivity contribution is 7.89. The summed E-state index contributed by atoms with van der Waals surface area (Å²) < 4.78 is 32.6. The number of non-ortho nitro benzene ring substituents is 1. The Labute approximate surface area is 192 Å². The number of rotatable bonds is 10. The van der Waals surface area contributed by atoms with Crippen LogP contribution in [0.3, 0.4) is 0 Å². The lowest BCUT2D eigenvalue weighted by molar-refractivity contribution is -0.384. The second-order valence-corrected chi connectivity index (χ2v) is 9.58. The van der Waals surface area contributed by atoms with Gasteiger partial charge >= 0.3 is 0 Å². The number of nitro groups is 1. The first-order valence-corrected chi connectivity index (χ1v) is 12.1. The van der Waals surface area contributed by atoms with E-state index in [0.717, 1.165) is 29.8 Å². The average molecular weight is 478 g/mol. The normalized spacial score (nSPS) is 16.2. The quantitative estimate of drug-likeness (QED) is 0.389. The van der Waals surface area contributed by atoms with Crippen LogP contribution in [0.15, 0.2) is 59.5 Å². The van der Waals surface area contributed by atoms with Gasteiger partial charge in [0.1, 0.15) is 0 Å². The fourth-order valence-corrected chi connectivity index (χ4v) is 4.73. The van der Waals surface area contributed by atoms with Crippen molar-refractivity contribution in [2.75, 3.05) is 32.8 Å². The van der Waals surface area contributed by atoms with Gasteiger partial charge in [-0.2, -0.15) is 0 Å². The third-order valence-corrected chi connectivity index (χ3v) is 6.86.